The molecule has 0 aromatic carbocycles. The Bertz CT molecular complexity index is 532. The molecule has 1 spiro atoms. The van der Waals surface area contributed by atoms with Crippen LogP contribution in [-0.4, -0.2) is 40.9 Å². The number of nitrogens with zero attached hydrogens (tertiary/aromatic N) is 3. The molecule has 0 amide bonds. The van der Waals surface area contributed by atoms with E-state index in [1.54, 1.807) is 0 Å². The average Bonchev–Trinajstić information content (AvgIpc) is 2.95. The van der Waals surface area contributed by atoms with E-state index in [2.05, 4.69) is 49.5 Å². The third-order valence-corrected chi connectivity index (χ3v) is 5.64. The summed E-state index contributed by atoms with van der Waals surface area (Å²) >= 11 is 0. The van der Waals surface area contributed by atoms with Crippen molar-refractivity contribution in [1.82, 2.24) is 20.0 Å². The molecule has 0 bridgehead atoms. The lowest BCUT2D eigenvalue weighted by Gasteiger charge is -2.34. The molecule has 2 aliphatic rings. The summed E-state index contributed by atoms with van der Waals surface area (Å²) in [4.78, 5) is 2.66. The van der Waals surface area contributed by atoms with Gasteiger partial charge in [-0.3, -0.25) is 9.58 Å². The first-order valence-electron chi connectivity index (χ1n) is 8.79. The number of rotatable bonds is 2. The summed E-state index contributed by atoms with van der Waals surface area (Å²) < 4.78 is 2.20. The van der Waals surface area contributed by atoms with Crippen molar-refractivity contribution in [3.8, 4) is 0 Å². The molecule has 22 heavy (non-hydrogen) atoms. The topological polar surface area (TPSA) is 33.1 Å². The lowest BCUT2D eigenvalue weighted by Crippen LogP contribution is -2.38. The Morgan fingerprint density at radius 2 is 1.82 bits per heavy atom. The van der Waals surface area contributed by atoms with Crippen LogP contribution in [0.3, 0.4) is 0 Å². The van der Waals surface area contributed by atoms with Crippen LogP contribution in [0.15, 0.2) is 0 Å². The van der Waals surface area contributed by atoms with Crippen LogP contribution in [0.5, 0.6) is 0 Å². The maximum atomic E-state index is 4.81. The molecule has 0 unspecified atom stereocenters. The maximum Gasteiger partial charge on any atom is 0.0641 e. The molecule has 4 nitrogen and oxygen atoms in total. The van der Waals surface area contributed by atoms with Crippen molar-refractivity contribution in [2.75, 3.05) is 26.2 Å². The van der Waals surface area contributed by atoms with Gasteiger partial charge in [-0.05, 0) is 78.9 Å². The number of hydrogen-bond acceptors (Lipinski definition) is 3. The number of nitrogens with one attached hydrogen (secondary N) is 1. The molecule has 0 aliphatic carbocycles. The van der Waals surface area contributed by atoms with Gasteiger partial charge in [0.1, 0.15) is 0 Å². The van der Waals surface area contributed by atoms with Gasteiger partial charge in [-0.25, -0.2) is 0 Å². The van der Waals surface area contributed by atoms with Crippen LogP contribution in [0.25, 0.3) is 0 Å². The van der Waals surface area contributed by atoms with Gasteiger partial charge < -0.3 is 5.32 Å². The summed E-state index contributed by atoms with van der Waals surface area (Å²) in [5, 5.41) is 8.31. The highest BCUT2D eigenvalue weighted by atomic mass is 15.3. The van der Waals surface area contributed by atoms with E-state index in [-0.39, 0.29) is 5.54 Å². The summed E-state index contributed by atoms with van der Waals surface area (Å²) in [6.45, 7) is 17.1. The van der Waals surface area contributed by atoms with E-state index in [4.69, 9.17) is 5.10 Å². The van der Waals surface area contributed by atoms with Gasteiger partial charge in [0.2, 0.25) is 0 Å². The van der Waals surface area contributed by atoms with Gasteiger partial charge in [0.15, 0.2) is 0 Å². The first kappa shape index (κ1) is 16.0. The fourth-order valence-electron chi connectivity index (χ4n) is 4.31. The van der Waals surface area contributed by atoms with Crippen molar-refractivity contribution >= 4 is 0 Å². The SMILES string of the molecule is Cc1nn(C(C)(C)C)c(C)c1CN1CCC2(CCNCC2)C1. The van der Waals surface area contributed by atoms with Crippen LogP contribution in [0.2, 0.25) is 0 Å². The minimum atomic E-state index is 0.0639. The van der Waals surface area contributed by atoms with Gasteiger partial charge >= 0.3 is 0 Å². The van der Waals surface area contributed by atoms with Crippen molar-refractivity contribution in [3.63, 3.8) is 0 Å². The molecule has 0 radical (unpaired) electrons. The monoisotopic (exact) mass is 304 g/mol. The molecule has 1 aromatic heterocycles. The molecule has 0 saturated carbocycles. The van der Waals surface area contributed by atoms with Gasteiger partial charge in [-0.2, -0.15) is 5.10 Å². The molecule has 3 heterocycles. The van der Waals surface area contributed by atoms with E-state index < -0.39 is 0 Å². The fourth-order valence-corrected chi connectivity index (χ4v) is 4.31. The second kappa shape index (κ2) is 5.64. The lowest BCUT2D eigenvalue weighted by atomic mass is 9.78. The first-order valence-corrected chi connectivity index (χ1v) is 8.79. The van der Waals surface area contributed by atoms with Gasteiger partial charge in [0, 0.05) is 24.3 Å². The van der Waals surface area contributed by atoms with Crippen molar-refractivity contribution < 1.29 is 0 Å². The number of aromatic nitrogens is 2. The second-order valence-electron chi connectivity index (χ2n) is 8.44. The molecular weight excluding hydrogens is 272 g/mol. The van der Waals surface area contributed by atoms with Crippen LogP contribution in [0, 0.1) is 19.3 Å². The molecule has 1 N–H and O–H groups in total. The molecule has 2 aliphatic heterocycles. The number of likely N-dealkylation sites (tertiary alicyclic amines) is 1. The van der Waals surface area contributed by atoms with Crippen LogP contribution in [0.4, 0.5) is 0 Å². The van der Waals surface area contributed by atoms with Crippen molar-refractivity contribution in [2.24, 2.45) is 5.41 Å². The molecular formula is C18H32N4. The highest BCUT2D eigenvalue weighted by molar-refractivity contribution is 5.25. The van der Waals surface area contributed by atoms with Crippen LogP contribution in [0.1, 0.15) is 57.0 Å². The van der Waals surface area contributed by atoms with E-state index in [1.807, 2.05) is 0 Å². The smallest absolute Gasteiger partial charge is 0.0641 e. The van der Waals surface area contributed by atoms with Crippen LogP contribution < -0.4 is 5.32 Å². The zero-order valence-corrected chi connectivity index (χ0v) is 15.0. The largest absolute Gasteiger partial charge is 0.317 e. The summed E-state index contributed by atoms with van der Waals surface area (Å²) in [6.07, 6.45) is 4.08. The van der Waals surface area contributed by atoms with E-state index in [1.165, 1.54) is 62.4 Å². The summed E-state index contributed by atoms with van der Waals surface area (Å²) in [7, 11) is 0. The normalized spacial score (nSPS) is 22.6. The number of piperidine rings is 1. The third-order valence-electron chi connectivity index (χ3n) is 5.64. The zero-order valence-electron chi connectivity index (χ0n) is 15.0. The maximum absolute atomic E-state index is 4.81. The molecule has 124 valence electrons. The Morgan fingerprint density at radius 3 is 2.41 bits per heavy atom. The van der Waals surface area contributed by atoms with Crippen molar-refractivity contribution in [2.45, 2.75) is 66.0 Å². The highest BCUT2D eigenvalue weighted by Gasteiger charge is 2.39. The Hall–Kier alpha value is -0.870. The van der Waals surface area contributed by atoms with Crippen molar-refractivity contribution in [1.29, 1.82) is 0 Å². The Kier molecular flexibility index (Phi) is 4.11. The summed E-state index contributed by atoms with van der Waals surface area (Å²) in [6, 6.07) is 0. The van der Waals surface area contributed by atoms with E-state index in [0.29, 0.717) is 5.41 Å². The van der Waals surface area contributed by atoms with E-state index in [9.17, 15) is 0 Å². The Morgan fingerprint density at radius 1 is 1.14 bits per heavy atom. The second-order valence-corrected chi connectivity index (χ2v) is 8.44. The van der Waals surface area contributed by atoms with Crippen LogP contribution in [-0.2, 0) is 12.1 Å². The molecule has 2 fully saturated rings. The standard InChI is InChI=1S/C18H32N4/c1-14-16(15(2)22(20-14)17(3,4)5)12-21-11-8-18(13-21)6-9-19-10-7-18/h19H,6-13H2,1-5H3. The number of aryl methyl sites for hydroxylation is 1. The Balaban J connectivity index is 1.73. The van der Waals surface area contributed by atoms with Crippen LogP contribution >= 0.6 is 0 Å². The first-order chi connectivity index (χ1) is 10.3. The lowest BCUT2D eigenvalue weighted by molar-refractivity contribution is 0.193. The van der Waals surface area contributed by atoms with E-state index >= 15 is 0 Å². The Labute approximate surface area is 135 Å². The van der Waals surface area contributed by atoms with Gasteiger partial charge in [-0.15, -0.1) is 0 Å². The summed E-state index contributed by atoms with van der Waals surface area (Å²) in [5.41, 5.74) is 4.65. The minimum Gasteiger partial charge on any atom is -0.317 e. The third kappa shape index (κ3) is 2.95. The predicted molar refractivity (Wildman–Crippen MR) is 91.1 cm³/mol. The van der Waals surface area contributed by atoms with Gasteiger partial charge in [0.25, 0.3) is 0 Å². The zero-order chi connectivity index (χ0) is 16.0. The molecule has 4 heteroatoms. The quantitative estimate of drug-likeness (QED) is 0.912. The van der Waals surface area contributed by atoms with Crippen molar-refractivity contribution in [3.05, 3.63) is 17.0 Å². The molecule has 1 aromatic rings. The van der Waals surface area contributed by atoms with E-state index in [0.717, 1.165) is 6.54 Å². The molecule has 3 rings (SSSR count). The molecule has 2 saturated heterocycles. The average molecular weight is 304 g/mol. The van der Waals surface area contributed by atoms with Gasteiger partial charge in [-0.1, -0.05) is 0 Å². The minimum absolute atomic E-state index is 0.0639. The highest BCUT2D eigenvalue weighted by Crippen LogP contribution is 2.39. The molecule has 0 atom stereocenters. The number of hydrogen-bond donors (Lipinski definition) is 1. The summed E-state index contributed by atoms with van der Waals surface area (Å²) in [5.74, 6) is 0. The van der Waals surface area contributed by atoms with Gasteiger partial charge in [0.05, 0.1) is 11.2 Å². The predicted octanol–water partition coefficient (Wildman–Crippen LogP) is 2.83. The fraction of sp³-hybridized carbons (Fsp3) is 0.833.